The molecule has 7 heteroatoms. The van der Waals surface area contributed by atoms with Gasteiger partial charge in [0.05, 0.1) is 11.9 Å². The second-order valence-electron chi connectivity index (χ2n) is 4.98. The molecule has 3 heterocycles. The van der Waals surface area contributed by atoms with Crippen LogP contribution >= 0.6 is 11.3 Å². The molecular weight excluding hydrogens is 313 g/mol. The van der Waals surface area contributed by atoms with Crippen molar-refractivity contribution in [2.75, 3.05) is 5.32 Å². The van der Waals surface area contributed by atoms with Gasteiger partial charge >= 0.3 is 0 Å². The minimum atomic E-state index is -0.231. The van der Waals surface area contributed by atoms with E-state index in [2.05, 4.69) is 20.4 Å². The maximum Gasteiger partial charge on any atom is 0.214 e. The fourth-order valence-electron chi connectivity index (χ4n) is 2.21. The zero-order valence-corrected chi connectivity index (χ0v) is 12.8. The fraction of sp³-hybridized carbons (Fsp3) is 0.0625. The standard InChI is InChI=1S/C16H12FN5S/c17-13-3-1-11(2-4-13)9-19-15-21-22-10-14(20-16(22)23-15)12-5-7-18-8-6-12/h1-8,10H,9H2,(H,19,21). The molecule has 0 aliphatic carbocycles. The predicted octanol–water partition coefficient (Wildman–Crippen LogP) is 3.60. The summed E-state index contributed by atoms with van der Waals surface area (Å²) in [7, 11) is 0. The van der Waals surface area contributed by atoms with E-state index in [-0.39, 0.29) is 5.82 Å². The summed E-state index contributed by atoms with van der Waals surface area (Å²) in [5.41, 5.74) is 2.88. The lowest BCUT2D eigenvalue weighted by atomic mass is 10.2. The molecular formula is C16H12FN5S. The number of rotatable bonds is 4. The summed E-state index contributed by atoms with van der Waals surface area (Å²) in [4.78, 5) is 9.39. The lowest BCUT2D eigenvalue weighted by Gasteiger charge is -2.01. The van der Waals surface area contributed by atoms with Crippen LogP contribution in [0.15, 0.2) is 55.0 Å². The molecule has 0 spiro atoms. The smallest absolute Gasteiger partial charge is 0.214 e. The van der Waals surface area contributed by atoms with Crippen LogP contribution in [0.25, 0.3) is 16.2 Å². The number of aromatic nitrogens is 4. The number of imidazole rings is 1. The van der Waals surface area contributed by atoms with Crippen LogP contribution in [0.5, 0.6) is 0 Å². The minimum absolute atomic E-state index is 0.231. The van der Waals surface area contributed by atoms with Gasteiger partial charge in [-0.3, -0.25) is 4.98 Å². The van der Waals surface area contributed by atoms with E-state index in [9.17, 15) is 4.39 Å². The van der Waals surface area contributed by atoms with Gasteiger partial charge in [0.15, 0.2) is 0 Å². The summed E-state index contributed by atoms with van der Waals surface area (Å²) in [6, 6.07) is 10.2. The average molecular weight is 325 g/mol. The van der Waals surface area contributed by atoms with Gasteiger partial charge in [0.25, 0.3) is 0 Å². The predicted molar refractivity (Wildman–Crippen MR) is 87.8 cm³/mol. The monoisotopic (exact) mass is 325 g/mol. The van der Waals surface area contributed by atoms with Crippen molar-refractivity contribution in [3.8, 4) is 11.3 Å². The third-order valence-corrected chi connectivity index (χ3v) is 4.26. The van der Waals surface area contributed by atoms with Gasteiger partial charge in [0, 0.05) is 24.5 Å². The third kappa shape index (κ3) is 2.91. The molecule has 0 radical (unpaired) electrons. The van der Waals surface area contributed by atoms with Gasteiger partial charge in [-0.1, -0.05) is 23.5 Å². The van der Waals surface area contributed by atoms with E-state index in [1.54, 1.807) is 29.0 Å². The molecule has 0 aliphatic heterocycles. The summed E-state index contributed by atoms with van der Waals surface area (Å²) in [6.07, 6.45) is 5.38. The first-order valence-electron chi connectivity index (χ1n) is 7.03. The minimum Gasteiger partial charge on any atom is -0.356 e. The van der Waals surface area contributed by atoms with Crippen LogP contribution in [0, 0.1) is 5.82 Å². The van der Waals surface area contributed by atoms with Gasteiger partial charge in [-0.15, -0.1) is 5.10 Å². The zero-order chi connectivity index (χ0) is 15.6. The Hall–Kier alpha value is -2.80. The quantitative estimate of drug-likeness (QED) is 0.623. The van der Waals surface area contributed by atoms with Crippen LogP contribution in [0.4, 0.5) is 9.52 Å². The molecule has 0 fully saturated rings. The number of pyridine rings is 1. The maximum absolute atomic E-state index is 12.9. The largest absolute Gasteiger partial charge is 0.356 e. The van der Waals surface area contributed by atoms with Crippen molar-refractivity contribution >= 4 is 21.4 Å². The Bertz CT molecular complexity index is 899. The van der Waals surface area contributed by atoms with Crippen molar-refractivity contribution in [1.29, 1.82) is 0 Å². The molecule has 0 saturated heterocycles. The van der Waals surface area contributed by atoms with Crippen molar-refractivity contribution in [2.45, 2.75) is 6.54 Å². The SMILES string of the molecule is Fc1ccc(CNc2nn3cc(-c4ccncc4)nc3s2)cc1. The van der Waals surface area contributed by atoms with Crippen molar-refractivity contribution < 1.29 is 4.39 Å². The van der Waals surface area contributed by atoms with Gasteiger partial charge in [-0.05, 0) is 29.8 Å². The molecule has 4 rings (SSSR count). The van der Waals surface area contributed by atoms with Crippen LogP contribution in [0.3, 0.4) is 0 Å². The topological polar surface area (TPSA) is 55.1 Å². The molecule has 23 heavy (non-hydrogen) atoms. The lowest BCUT2D eigenvalue weighted by molar-refractivity contribution is 0.627. The molecule has 1 N–H and O–H groups in total. The summed E-state index contributed by atoms with van der Waals surface area (Å²) in [5.74, 6) is -0.231. The zero-order valence-electron chi connectivity index (χ0n) is 12.0. The highest BCUT2D eigenvalue weighted by Crippen LogP contribution is 2.24. The van der Waals surface area contributed by atoms with Crippen LogP contribution < -0.4 is 5.32 Å². The van der Waals surface area contributed by atoms with Crippen molar-refractivity contribution in [3.05, 3.63) is 66.4 Å². The van der Waals surface area contributed by atoms with Crippen LogP contribution in [0.1, 0.15) is 5.56 Å². The Morgan fingerprint density at radius 2 is 1.87 bits per heavy atom. The van der Waals surface area contributed by atoms with Gasteiger partial charge in [0.1, 0.15) is 5.82 Å². The van der Waals surface area contributed by atoms with Crippen LogP contribution in [-0.4, -0.2) is 19.6 Å². The Labute approximate surface area is 135 Å². The van der Waals surface area contributed by atoms with E-state index < -0.39 is 0 Å². The average Bonchev–Trinajstić information content (AvgIpc) is 3.14. The van der Waals surface area contributed by atoms with Crippen molar-refractivity contribution in [2.24, 2.45) is 0 Å². The normalized spacial score (nSPS) is 11.0. The Morgan fingerprint density at radius 3 is 2.61 bits per heavy atom. The molecule has 5 nitrogen and oxygen atoms in total. The molecule has 0 atom stereocenters. The van der Waals surface area contributed by atoms with E-state index in [0.717, 1.165) is 26.9 Å². The number of benzene rings is 1. The number of nitrogens with zero attached hydrogens (tertiary/aromatic N) is 4. The van der Waals surface area contributed by atoms with E-state index in [1.165, 1.54) is 23.5 Å². The Balaban J connectivity index is 1.51. The van der Waals surface area contributed by atoms with Crippen LogP contribution in [-0.2, 0) is 6.54 Å². The first-order valence-corrected chi connectivity index (χ1v) is 7.84. The molecule has 0 aliphatic rings. The number of fused-ring (bicyclic) bond motifs is 1. The molecule has 0 unspecified atom stereocenters. The molecule has 0 saturated carbocycles. The van der Waals surface area contributed by atoms with E-state index in [1.807, 2.05) is 18.3 Å². The molecule has 0 amide bonds. The second-order valence-corrected chi connectivity index (χ2v) is 5.93. The van der Waals surface area contributed by atoms with E-state index in [4.69, 9.17) is 0 Å². The van der Waals surface area contributed by atoms with E-state index in [0.29, 0.717) is 6.54 Å². The number of nitrogens with one attached hydrogen (secondary N) is 1. The molecule has 114 valence electrons. The summed E-state index contributed by atoms with van der Waals surface area (Å²) in [6.45, 7) is 0.591. The van der Waals surface area contributed by atoms with Crippen molar-refractivity contribution in [1.82, 2.24) is 19.6 Å². The first kappa shape index (κ1) is 13.8. The Morgan fingerprint density at radius 1 is 1.09 bits per heavy atom. The van der Waals surface area contributed by atoms with Crippen LogP contribution in [0.2, 0.25) is 0 Å². The van der Waals surface area contributed by atoms with E-state index >= 15 is 0 Å². The number of hydrogen-bond acceptors (Lipinski definition) is 5. The first-order chi connectivity index (χ1) is 11.3. The Kier molecular flexibility index (Phi) is 3.47. The van der Waals surface area contributed by atoms with Gasteiger partial charge in [0.2, 0.25) is 10.1 Å². The summed E-state index contributed by atoms with van der Waals surface area (Å²) in [5, 5.41) is 8.47. The molecule has 4 aromatic rings. The summed E-state index contributed by atoms with van der Waals surface area (Å²) < 4.78 is 14.6. The molecule has 0 bridgehead atoms. The third-order valence-electron chi connectivity index (χ3n) is 3.38. The highest BCUT2D eigenvalue weighted by atomic mass is 32.1. The fourth-order valence-corrected chi connectivity index (χ4v) is 2.99. The maximum atomic E-state index is 12.9. The van der Waals surface area contributed by atoms with Crippen molar-refractivity contribution in [3.63, 3.8) is 0 Å². The number of anilines is 1. The number of hydrogen-bond donors (Lipinski definition) is 1. The highest BCUT2D eigenvalue weighted by Gasteiger charge is 2.09. The van der Waals surface area contributed by atoms with Gasteiger partial charge in [-0.25, -0.2) is 13.9 Å². The second kappa shape index (κ2) is 5.77. The molecule has 1 aromatic carbocycles. The number of halogens is 1. The molecule has 3 aromatic heterocycles. The van der Waals surface area contributed by atoms with Gasteiger partial charge < -0.3 is 5.32 Å². The lowest BCUT2D eigenvalue weighted by Crippen LogP contribution is -1.99. The highest BCUT2D eigenvalue weighted by molar-refractivity contribution is 7.20. The summed E-state index contributed by atoms with van der Waals surface area (Å²) >= 11 is 1.48. The van der Waals surface area contributed by atoms with Gasteiger partial charge in [-0.2, -0.15) is 0 Å².